The molecule has 2 aromatic rings. The first-order valence-corrected chi connectivity index (χ1v) is 8.79. The van der Waals surface area contributed by atoms with Crippen LogP contribution in [0.5, 0.6) is 11.5 Å². The minimum absolute atomic E-state index is 0.115. The second kappa shape index (κ2) is 7.07. The van der Waals surface area contributed by atoms with Crippen LogP contribution in [0.2, 0.25) is 0 Å². The Hall–Kier alpha value is -3.02. The normalized spacial score (nSPS) is 18.5. The summed E-state index contributed by atoms with van der Waals surface area (Å²) in [7, 11) is 0. The third-order valence-electron chi connectivity index (χ3n) is 4.62. The van der Waals surface area contributed by atoms with Crippen molar-refractivity contribution in [2.75, 3.05) is 25.1 Å². The summed E-state index contributed by atoms with van der Waals surface area (Å²) in [6, 6.07) is 13.9. The van der Waals surface area contributed by atoms with E-state index in [0.29, 0.717) is 48.9 Å². The maximum absolute atomic E-state index is 12.6. The number of nitrogens with zero attached hydrogens (tertiary/aromatic N) is 1. The molecular weight excluding hydrogens is 332 g/mol. The molecule has 26 heavy (non-hydrogen) atoms. The number of amides is 2. The van der Waals surface area contributed by atoms with E-state index in [1.54, 1.807) is 35.2 Å². The summed E-state index contributed by atoms with van der Waals surface area (Å²) < 4.78 is 11.2. The molecule has 6 heteroatoms. The molecule has 0 unspecified atom stereocenters. The van der Waals surface area contributed by atoms with E-state index in [1.807, 2.05) is 18.2 Å². The van der Waals surface area contributed by atoms with Crippen LogP contribution in [0.1, 0.15) is 23.2 Å². The third-order valence-corrected chi connectivity index (χ3v) is 4.62. The number of ether oxygens (including phenoxy) is 2. The number of carbonyl (C=O) groups excluding carboxylic acids is 2. The summed E-state index contributed by atoms with van der Waals surface area (Å²) in [5, 5.41) is 2.88. The fraction of sp³-hybridized carbons (Fsp3) is 0.300. The highest BCUT2D eigenvalue weighted by Gasteiger charge is 2.38. The maximum atomic E-state index is 12.6. The largest absolute Gasteiger partial charge is 0.490 e. The zero-order chi connectivity index (χ0) is 17.9. The number of likely N-dealkylation sites (tertiary alicyclic amines) is 1. The van der Waals surface area contributed by atoms with E-state index in [2.05, 4.69) is 5.32 Å². The third kappa shape index (κ3) is 3.22. The quantitative estimate of drug-likeness (QED) is 0.922. The first-order valence-electron chi connectivity index (χ1n) is 8.79. The van der Waals surface area contributed by atoms with Crippen LogP contribution in [0.25, 0.3) is 0 Å². The lowest BCUT2D eigenvalue weighted by molar-refractivity contribution is -0.123. The molecule has 0 bridgehead atoms. The Balaban J connectivity index is 1.44. The molecule has 0 radical (unpaired) electrons. The van der Waals surface area contributed by atoms with Crippen LogP contribution in [0, 0.1) is 0 Å². The van der Waals surface area contributed by atoms with Gasteiger partial charge in [0, 0.05) is 30.3 Å². The number of anilines is 1. The van der Waals surface area contributed by atoms with Crippen molar-refractivity contribution in [1.29, 1.82) is 0 Å². The van der Waals surface area contributed by atoms with Crippen molar-refractivity contribution >= 4 is 17.5 Å². The number of hydrogen-bond acceptors (Lipinski definition) is 4. The SMILES string of the molecule is O=C(Nc1ccc2c(c1)OCCCO2)[C@@H]1CCN1C(=O)c1ccccc1. The van der Waals surface area contributed by atoms with Crippen molar-refractivity contribution in [1.82, 2.24) is 4.90 Å². The Bertz CT molecular complexity index is 822. The molecule has 1 saturated heterocycles. The molecule has 1 fully saturated rings. The zero-order valence-electron chi connectivity index (χ0n) is 14.3. The molecule has 0 spiro atoms. The molecule has 2 heterocycles. The lowest BCUT2D eigenvalue weighted by Gasteiger charge is -2.39. The van der Waals surface area contributed by atoms with Gasteiger partial charge in [0.1, 0.15) is 6.04 Å². The summed E-state index contributed by atoms with van der Waals surface area (Å²) in [6.07, 6.45) is 1.49. The number of hydrogen-bond donors (Lipinski definition) is 1. The van der Waals surface area contributed by atoms with Crippen molar-refractivity contribution in [2.45, 2.75) is 18.9 Å². The molecule has 4 rings (SSSR count). The summed E-state index contributed by atoms with van der Waals surface area (Å²) in [5.74, 6) is 1.02. The van der Waals surface area contributed by atoms with E-state index in [0.717, 1.165) is 6.42 Å². The van der Waals surface area contributed by atoms with Gasteiger partial charge in [-0.2, -0.15) is 0 Å². The predicted molar refractivity (Wildman–Crippen MR) is 96.6 cm³/mol. The minimum Gasteiger partial charge on any atom is -0.490 e. The van der Waals surface area contributed by atoms with Crippen LogP contribution in [-0.2, 0) is 4.79 Å². The molecule has 1 atom stereocenters. The minimum atomic E-state index is -0.446. The van der Waals surface area contributed by atoms with Gasteiger partial charge in [0.2, 0.25) is 5.91 Å². The fourth-order valence-corrected chi connectivity index (χ4v) is 3.12. The van der Waals surface area contributed by atoms with Gasteiger partial charge < -0.3 is 19.7 Å². The second-order valence-corrected chi connectivity index (χ2v) is 6.37. The monoisotopic (exact) mass is 352 g/mol. The average Bonchev–Trinajstić information content (AvgIpc) is 2.86. The topological polar surface area (TPSA) is 67.9 Å². The first-order chi connectivity index (χ1) is 12.7. The average molecular weight is 352 g/mol. The Kier molecular flexibility index (Phi) is 4.48. The molecule has 0 saturated carbocycles. The van der Waals surface area contributed by atoms with E-state index in [1.165, 1.54) is 0 Å². The van der Waals surface area contributed by atoms with Gasteiger partial charge in [-0.15, -0.1) is 0 Å². The summed E-state index contributed by atoms with van der Waals surface area (Å²) >= 11 is 0. The van der Waals surface area contributed by atoms with E-state index >= 15 is 0 Å². The van der Waals surface area contributed by atoms with E-state index in [4.69, 9.17) is 9.47 Å². The van der Waals surface area contributed by atoms with E-state index in [9.17, 15) is 9.59 Å². The lowest BCUT2D eigenvalue weighted by atomic mass is 10.00. The van der Waals surface area contributed by atoms with Crippen LogP contribution in [0.4, 0.5) is 5.69 Å². The van der Waals surface area contributed by atoms with Gasteiger partial charge in [-0.1, -0.05) is 18.2 Å². The Morgan fingerprint density at radius 1 is 1.00 bits per heavy atom. The predicted octanol–water partition coefficient (Wildman–Crippen LogP) is 2.70. The van der Waals surface area contributed by atoms with Crippen LogP contribution in [-0.4, -0.2) is 42.5 Å². The van der Waals surface area contributed by atoms with Crippen LogP contribution < -0.4 is 14.8 Å². The smallest absolute Gasteiger partial charge is 0.254 e. The Labute approximate surface area is 151 Å². The number of carbonyl (C=O) groups is 2. The van der Waals surface area contributed by atoms with E-state index in [-0.39, 0.29) is 11.8 Å². The molecule has 2 aliphatic heterocycles. The summed E-state index contributed by atoms with van der Waals surface area (Å²) in [4.78, 5) is 26.7. The van der Waals surface area contributed by atoms with Gasteiger partial charge in [0.25, 0.3) is 5.91 Å². The molecular formula is C20H20N2O4. The molecule has 134 valence electrons. The van der Waals surface area contributed by atoms with Gasteiger partial charge in [-0.25, -0.2) is 0 Å². The number of benzene rings is 2. The molecule has 1 N–H and O–H groups in total. The van der Waals surface area contributed by atoms with Crippen molar-refractivity contribution < 1.29 is 19.1 Å². The van der Waals surface area contributed by atoms with Crippen LogP contribution in [0.3, 0.4) is 0 Å². The molecule has 2 amide bonds. The molecule has 2 aliphatic rings. The van der Waals surface area contributed by atoms with Gasteiger partial charge in [0.15, 0.2) is 11.5 Å². The number of fused-ring (bicyclic) bond motifs is 1. The van der Waals surface area contributed by atoms with Gasteiger partial charge in [0.05, 0.1) is 13.2 Å². The molecule has 0 aliphatic carbocycles. The fourth-order valence-electron chi connectivity index (χ4n) is 3.12. The Morgan fingerprint density at radius 3 is 2.50 bits per heavy atom. The van der Waals surface area contributed by atoms with Gasteiger partial charge >= 0.3 is 0 Å². The highest BCUT2D eigenvalue weighted by Crippen LogP contribution is 2.32. The lowest BCUT2D eigenvalue weighted by Crippen LogP contribution is -2.56. The zero-order valence-corrected chi connectivity index (χ0v) is 14.3. The number of rotatable bonds is 3. The van der Waals surface area contributed by atoms with Crippen LogP contribution >= 0.6 is 0 Å². The maximum Gasteiger partial charge on any atom is 0.254 e. The first kappa shape index (κ1) is 16.4. The van der Waals surface area contributed by atoms with Gasteiger partial charge in [-0.3, -0.25) is 9.59 Å². The Morgan fingerprint density at radius 2 is 1.77 bits per heavy atom. The van der Waals surface area contributed by atoms with Crippen molar-refractivity contribution in [3.05, 3.63) is 54.1 Å². The molecule has 0 aromatic heterocycles. The standard InChI is InChI=1S/C20H20N2O4/c23-19(16-9-10-22(16)20(24)14-5-2-1-3-6-14)21-15-7-8-17-18(13-15)26-12-4-11-25-17/h1-3,5-8,13,16H,4,9-12H2,(H,21,23)/t16-/m0/s1. The molecule has 6 nitrogen and oxygen atoms in total. The van der Waals surface area contributed by atoms with Crippen LogP contribution in [0.15, 0.2) is 48.5 Å². The van der Waals surface area contributed by atoms with Gasteiger partial charge in [-0.05, 0) is 30.7 Å². The second-order valence-electron chi connectivity index (χ2n) is 6.37. The highest BCUT2D eigenvalue weighted by atomic mass is 16.5. The van der Waals surface area contributed by atoms with Crippen molar-refractivity contribution in [3.63, 3.8) is 0 Å². The van der Waals surface area contributed by atoms with Crippen molar-refractivity contribution in [3.8, 4) is 11.5 Å². The summed E-state index contributed by atoms with van der Waals surface area (Å²) in [6.45, 7) is 1.80. The van der Waals surface area contributed by atoms with Crippen molar-refractivity contribution in [2.24, 2.45) is 0 Å². The summed E-state index contributed by atoms with van der Waals surface area (Å²) in [5.41, 5.74) is 1.24. The molecule has 2 aromatic carbocycles. The van der Waals surface area contributed by atoms with E-state index < -0.39 is 6.04 Å². The number of nitrogens with one attached hydrogen (secondary N) is 1. The highest BCUT2D eigenvalue weighted by molar-refractivity contribution is 6.02.